The zero-order valence-corrected chi connectivity index (χ0v) is 14.3. The van der Waals surface area contributed by atoms with Gasteiger partial charge in [0.2, 0.25) is 0 Å². The molecule has 0 unspecified atom stereocenters. The summed E-state index contributed by atoms with van der Waals surface area (Å²) < 4.78 is 5.84. The maximum atomic E-state index is 5.84. The summed E-state index contributed by atoms with van der Waals surface area (Å²) in [7, 11) is 0. The third kappa shape index (κ3) is 8.77. The number of unbranched alkanes of at least 4 members (excludes halogenated alkanes) is 3. The van der Waals surface area contributed by atoms with Crippen LogP contribution in [0, 0.1) is 5.92 Å². The number of ether oxygens (including phenoxy) is 1. The molecule has 2 heteroatoms. The highest BCUT2D eigenvalue weighted by Gasteiger charge is 2.01. The van der Waals surface area contributed by atoms with E-state index in [-0.39, 0.29) is 0 Å². The summed E-state index contributed by atoms with van der Waals surface area (Å²) in [5.41, 5.74) is 1.35. The van der Waals surface area contributed by atoms with Crippen LogP contribution in [0.4, 0.5) is 0 Å². The molecule has 0 radical (unpaired) electrons. The number of nitrogens with one attached hydrogen (secondary N) is 1. The van der Waals surface area contributed by atoms with E-state index >= 15 is 0 Å². The van der Waals surface area contributed by atoms with Crippen molar-refractivity contribution in [2.75, 3.05) is 19.7 Å². The van der Waals surface area contributed by atoms with Crippen LogP contribution in [-0.4, -0.2) is 19.7 Å². The van der Waals surface area contributed by atoms with Gasteiger partial charge in [-0.15, -0.1) is 0 Å². The lowest BCUT2D eigenvalue weighted by molar-refractivity contribution is 0.304. The molecule has 1 N–H and O–H groups in total. The fraction of sp³-hybridized carbons (Fsp3) is 0.684. The van der Waals surface area contributed by atoms with E-state index in [9.17, 15) is 0 Å². The van der Waals surface area contributed by atoms with E-state index in [1.165, 1.54) is 24.8 Å². The zero-order chi connectivity index (χ0) is 15.5. The second kappa shape index (κ2) is 10.7. The third-order valence-electron chi connectivity index (χ3n) is 3.59. The molecule has 1 aromatic rings. The molecule has 0 aromatic heterocycles. The van der Waals surface area contributed by atoms with Crippen LogP contribution in [0.3, 0.4) is 0 Å². The first kappa shape index (κ1) is 18.0. The van der Waals surface area contributed by atoms with Gasteiger partial charge in [0.1, 0.15) is 5.75 Å². The van der Waals surface area contributed by atoms with Gasteiger partial charge in [0.15, 0.2) is 0 Å². The minimum absolute atomic E-state index is 0.562. The molecule has 0 bridgehead atoms. The molecular weight excluding hydrogens is 258 g/mol. The molecular formula is C19H33NO. The Hall–Kier alpha value is -1.02. The first-order chi connectivity index (χ1) is 10.1. The van der Waals surface area contributed by atoms with E-state index in [1.807, 2.05) is 0 Å². The fourth-order valence-electron chi connectivity index (χ4n) is 2.25. The van der Waals surface area contributed by atoms with Crippen LogP contribution in [0.25, 0.3) is 0 Å². The highest BCUT2D eigenvalue weighted by Crippen LogP contribution is 2.20. The normalized spacial score (nSPS) is 11.3. The minimum atomic E-state index is 0.562. The number of hydrogen-bond acceptors (Lipinski definition) is 2. The lowest BCUT2D eigenvalue weighted by Crippen LogP contribution is -2.20. The Morgan fingerprint density at radius 3 is 2.48 bits per heavy atom. The van der Waals surface area contributed by atoms with Crippen LogP contribution >= 0.6 is 0 Å². The molecule has 0 heterocycles. The Morgan fingerprint density at radius 2 is 1.76 bits per heavy atom. The van der Waals surface area contributed by atoms with Crippen molar-refractivity contribution in [2.24, 2.45) is 5.92 Å². The van der Waals surface area contributed by atoms with Crippen LogP contribution in [-0.2, 0) is 0 Å². The first-order valence-electron chi connectivity index (χ1n) is 8.53. The lowest BCUT2D eigenvalue weighted by Gasteiger charge is -2.10. The SMILES string of the molecule is CC(C)CNCCCCCCOc1cccc(C(C)C)c1. The van der Waals surface area contributed by atoms with Gasteiger partial charge in [-0.05, 0) is 55.5 Å². The van der Waals surface area contributed by atoms with Gasteiger partial charge in [-0.2, -0.15) is 0 Å². The van der Waals surface area contributed by atoms with Crippen molar-refractivity contribution in [1.29, 1.82) is 0 Å². The Morgan fingerprint density at radius 1 is 1.00 bits per heavy atom. The summed E-state index contributed by atoms with van der Waals surface area (Å²) in [5.74, 6) is 2.33. The van der Waals surface area contributed by atoms with Gasteiger partial charge in [-0.1, -0.05) is 52.7 Å². The van der Waals surface area contributed by atoms with Gasteiger partial charge in [-0.25, -0.2) is 0 Å². The minimum Gasteiger partial charge on any atom is -0.494 e. The molecule has 0 atom stereocenters. The summed E-state index contributed by atoms with van der Waals surface area (Å²) >= 11 is 0. The molecule has 0 aliphatic carbocycles. The molecule has 0 saturated carbocycles. The first-order valence-corrected chi connectivity index (χ1v) is 8.53. The predicted molar refractivity (Wildman–Crippen MR) is 92.2 cm³/mol. The average molecular weight is 291 g/mol. The number of benzene rings is 1. The van der Waals surface area contributed by atoms with Crippen molar-refractivity contribution < 1.29 is 4.74 Å². The Labute approximate surface area is 131 Å². The van der Waals surface area contributed by atoms with Crippen LogP contribution in [0.5, 0.6) is 5.75 Å². The highest BCUT2D eigenvalue weighted by atomic mass is 16.5. The molecule has 120 valence electrons. The highest BCUT2D eigenvalue weighted by molar-refractivity contribution is 5.30. The van der Waals surface area contributed by atoms with Gasteiger partial charge in [-0.3, -0.25) is 0 Å². The molecule has 0 fully saturated rings. The molecule has 0 aliphatic rings. The van der Waals surface area contributed by atoms with Crippen molar-refractivity contribution in [3.8, 4) is 5.75 Å². The van der Waals surface area contributed by atoms with Crippen LogP contribution in [0.15, 0.2) is 24.3 Å². The zero-order valence-electron chi connectivity index (χ0n) is 14.3. The third-order valence-corrected chi connectivity index (χ3v) is 3.59. The van der Waals surface area contributed by atoms with E-state index in [0.717, 1.165) is 37.8 Å². The van der Waals surface area contributed by atoms with Crippen LogP contribution in [0.1, 0.15) is 64.9 Å². The van der Waals surface area contributed by atoms with Crippen LogP contribution in [0.2, 0.25) is 0 Å². The standard InChI is InChI=1S/C19H33NO/c1-16(2)15-20-12-7-5-6-8-13-21-19-11-9-10-18(14-19)17(3)4/h9-11,14,16-17,20H,5-8,12-13,15H2,1-4H3. The van der Waals surface area contributed by atoms with Crippen molar-refractivity contribution in [3.05, 3.63) is 29.8 Å². The quantitative estimate of drug-likeness (QED) is 0.580. The number of hydrogen-bond donors (Lipinski definition) is 1. The van der Waals surface area contributed by atoms with Gasteiger partial charge in [0.05, 0.1) is 6.61 Å². The maximum absolute atomic E-state index is 5.84. The van der Waals surface area contributed by atoms with E-state index < -0.39 is 0 Å². The van der Waals surface area contributed by atoms with Gasteiger partial charge < -0.3 is 10.1 Å². The molecule has 0 spiro atoms. The van der Waals surface area contributed by atoms with E-state index in [0.29, 0.717) is 5.92 Å². The number of rotatable bonds is 11. The lowest BCUT2D eigenvalue weighted by atomic mass is 10.0. The van der Waals surface area contributed by atoms with E-state index in [1.54, 1.807) is 0 Å². The van der Waals surface area contributed by atoms with Crippen molar-refractivity contribution in [1.82, 2.24) is 5.32 Å². The maximum Gasteiger partial charge on any atom is 0.119 e. The molecule has 0 aliphatic heterocycles. The average Bonchev–Trinajstić information content (AvgIpc) is 2.45. The molecule has 0 amide bonds. The van der Waals surface area contributed by atoms with Gasteiger partial charge in [0, 0.05) is 0 Å². The molecule has 1 rings (SSSR count). The molecule has 2 nitrogen and oxygen atoms in total. The Kier molecular flexibility index (Phi) is 9.16. The monoisotopic (exact) mass is 291 g/mol. The summed E-state index contributed by atoms with van der Waals surface area (Å²) in [5, 5.41) is 3.49. The second-order valence-electron chi connectivity index (χ2n) is 6.59. The second-order valence-corrected chi connectivity index (χ2v) is 6.59. The van der Waals surface area contributed by atoms with Crippen molar-refractivity contribution in [2.45, 2.75) is 59.3 Å². The summed E-state index contributed by atoms with van der Waals surface area (Å²) in [6.45, 7) is 12.0. The van der Waals surface area contributed by atoms with E-state index in [4.69, 9.17) is 4.74 Å². The smallest absolute Gasteiger partial charge is 0.119 e. The van der Waals surface area contributed by atoms with Crippen molar-refractivity contribution in [3.63, 3.8) is 0 Å². The summed E-state index contributed by atoms with van der Waals surface area (Å²) in [6, 6.07) is 8.48. The largest absolute Gasteiger partial charge is 0.494 e. The van der Waals surface area contributed by atoms with E-state index in [2.05, 4.69) is 57.3 Å². The molecule has 1 aromatic carbocycles. The topological polar surface area (TPSA) is 21.3 Å². The summed E-state index contributed by atoms with van der Waals surface area (Å²) in [6.07, 6.45) is 4.97. The van der Waals surface area contributed by atoms with Gasteiger partial charge >= 0.3 is 0 Å². The molecule has 0 saturated heterocycles. The Balaban J connectivity index is 2.03. The van der Waals surface area contributed by atoms with Crippen LogP contribution < -0.4 is 10.1 Å². The summed E-state index contributed by atoms with van der Waals surface area (Å²) in [4.78, 5) is 0. The fourth-order valence-corrected chi connectivity index (χ4v) is 2.25. The van der Waals surface area contributed by atoms with Crippen molar-refractivity contribution >= 4 is 0 Å². The Bertz CT molecular complexity index is 374. The molecule has 21 heavy (non-hydrogen) atoms. The predicted octanol–water partition coefficient (Wildman–Crippen LogP) is 4.99. The van der Waals surface area contributed by atoms with Gasteiger partial charge in [0.25, 0.3) is 0 Å².